The highest BCUT2D eigenvalue weighted by molar-refractivity contribution is 6.30. The first-order valence-corrected chi connectivity index (χ1v) is 4.21. The lowest BCUT2D eigenvalue weighted by atomic mass is 10.2. The van der Waals surface area contributed by atoms with E-state index in [1.54, 1.807) is 0 Å². The molecule has 0 aliphatic rings. The number of hydrogen-bond donors (Lipinski definition) is 0. The van der Waals surface area contributed by atoms with Crippen molar-refractivity contribution in [3.63, 3.8) is 0 Å². The maximum atomic E-state index is 13.2. The maximum Gasteiger partial charge on any atom is 0.280 e. The number of benzene rings is 1. The second-order valence-electron chi connectivity index (χ2n) is 2.61. The fourth-order valence-corrected chi connectivity index (χ4v) is 1.09. The van der Waals surface area contributed by atoms with E-state index < -0.39 is 11.7 Å². The summed E-state index contributed by atoms with van der Waals surface area (Å²) >= 11 is 5.63. The minimum Gasteiger partial charge on any atom is -0.274 e. The highest BCUT2D eigenvalue weighted by Gasteiger charge is 2.16. The van der Waals surface area contributed by atoms with E-state index in [1.807, 2.05) is 0 Å². The SMILES string of the molecule is CON(C)C(=O)c1cc(Cl)ccc1F. The molecule has 0 aliphatic carbocycles. The summed E-state index contributed by atoms with van der Waals surface area (Å²) in [6, 6.07) is 3.77. The molecule has 14 heavy (non-hydrogen) atoms. The first-order valence-electron chi connectivity index (χ1n) is 3.83. The molecule has 76 valence electrons. The molecule has 1 aromatic carbocycles. The van der Waals surface area contributed by atoms with Crippen molar-refractivity contribution in [1.29, 1.82) is 0 Å². The molecule has 0 N–H and O–H groups in total. The molecule has 0 radical (unpaired) electrons. The van der Waals surface area contributed by atoms with Gasteiger partial charge in [0.25, 0.3) is 5.91 Å². The van der Waals surface area contributed by atoms with Crippen LogP contribution in [0.1, 0.15) is 10.4 Å². The third-order valence-electron chi connectivity index (χ3n) is 1.72. The molecular formula is C9H9ClFNO2. The number of amides is 1. The fraction of sp³-hybridized carbons (Fsp3) is 0.222. The lowest BCUT2D eigenvalue weighted by molar-refractivity contribution is -0.0759. The summed E-state index contributed by atoms with van der Waals surface area (Å²) in [4.78, 5) is 16.1. The van der Waals surface area contributed by atoms with E-state index in [-0.39, 0.29) is 5.56 Å². The van der Waals surface area contributed by atoms with Crippen LogP contribution in [0.4, 0.5) is 4.39 Å². The largest absolute Gasteiger partial charge is 0.280 e. The Bertz CT molecular complexity index is 357. The molecule has 0 bridgehead atoms. The van der Waals surface area contributed by atoms with Crippen molar-refractivity contribution in [2.75, 3.05) is 14.2 Å². The van der Waals surface area contributed by atoms with Gasteiger partial charge in [-0.25, -0.2) is 9.45 Å². The number of rotatable bonds is 2. The quantitative estimate of drug-likeness (QED) is 0.711. The second kappa shape index (κ2) is 4.39. The summed E-state index contributed by atoms with van der Waals surface area (Å²) in [5, 5.41) is 1.23. The summed E-state index contributed by atoms with van der Waals surface area (Å²) < 4.78 is 13.2. The molecule has 0 heterocycles. The first-order chi connectivity index (χ1) is 6.56. The zero-order valence-corrected chi connectivity index (χ0v) is 8.51. The van der Waals surface area contributed by atoms with Crippen LogP contribution in [0.5, 0.6) is 0 Å². The van der Waals surface area contributed by atoms with Crippen LogP contribution >= 0.6 is 11.6 Å². The van der Waals surface area contributed by atoms with Crippen molar-refractivity contribution >= 4 is 17.5 Å². The molecule has 0 saturated carbocycles. The Morgan fingerprint density at radius 3 is 2.79 bits per heavy atom. The molecule has 3 nitrogen and oxygen atoms in total. The van der Waals surface area contributed by atoms with Crippen LogP contribution in [0.2, 0.25) is 5.02 Å². The van der Waals surface area contributed by atoms with Gasteiger partial charge in [-0.05, 0) is 18.2 Å². The molecule has 1 rings (SSSR count). The van der Waals surface area contributed by atoms with E-state index in [0.717, 1.165) is 11.1 Å². The van der Waals surface area contributed by atoms with Crippen LogP contribution in [0, 0.1) is 5.82 Å². The number of hydrogen-bond acceptors (Lipinski definition) is 2. The van der Waals surface area contributed by atoms with Crippen LogP contribution in [-0.2, 0) is 4.84 Å². The lowest BCUT2D eigenvalue weighted by Gasteiger charge is -2.13. The molecule has 0 saturated heterocycles. The van der Waals surface area contributed by atoms with Crippen LogP contribution in [0.25, 0.3) is 0 Å². The maximum absolute atomic E-state index is 13.2. The molecular weight excluding hydrogens is 209 g/mol. The number of carbonyl (C=O) groups excluding carboxylic acids is 1. The summed E-state index contributed by atoms with van der Waals surface area (Å²) in [7, 11) is 2.71. The monoisotopic (exact) mass is 217 g/mol. The highest BCUT2D eigenvalue weighted by atomic mass is 35.5. The molecule has 0 spiro atoms. The van der Waals surface area contributed by atoms with Gasteiger partial charge < -0.3 is 0 Å². The molecule has 0 fully saturated rings. The Hall–Kier alpha value is -1.13. The third-order valence-corrected chi connectivity index (χ3v) is 1.95. The second-order valence-corrected chi connectivity index (χ2v) is 3.05. The van der Waals surface area contributed by atoms with Gasteiger partial charge in [0.2, 0.25) is 0 Å². The van der Waals surface area contributed by atoms with Crippen molar-refractivity contribution in [3.05, 3.63) is 34.6 Å². The van der Waals surface area contributed by atoms with Crippen LogP contribution in [0.3, 0.4) is 0 Å². The fourth-order valence-electron chi connectivity index (χ4n) is 0.914. The number of hydroxylamine groups is 2. The van der Waals surface area contributed by atoms with Crippen LogP contribution < -0.4 is 0 Å². The van der Waals surface area contributed by atoms with Crippen LogP contribution in [0.15, 0.2) is 18.2 Å². The van der Waals surface area contributed by atoms with E-state index in [4.69, 9.17) is 11.6 Å². The van der Waals surface area contributed by atoms with E-state index in [1.165, 1.54) is 26.3 Å². The Kier molecular flexibility index (Phi) is 3.43. The van der Waals surface area contributed by atoms with Gasteiger partial charge in [-0.15, -0.1) is 0 Å². The Labute approximate surface area is 86.0 Å². The van der Waals surface area contributed by atoms with Crippen molar-refractivity contribution < 1.29 is 14.0 Å². The number of carbonyl (C=O) groups is 1. The zero-order valence-electron chi connectivity index (χ0n) is 7.75. The highest BCUT2D eigenvalue weighted by Crippen LogP contribution is 2.16. The Morgan fingerprint density at radius 2 is 2.21 bits per heavy atom. The van der Waals surface area contributed by atoms with Gasteiger partial charge in [0.1, 0.15) is 5.82 Å². The lowest BCUT2D eigenvalue weighted by Crippen LogP contribution is -2.26. The summed E-state index contributed by atoms with van der Waals surface area (Å²) in [5.74, 6) is -1.20. The Morgan fingerprint density at radius 1 is 1.57 bits per heavy atom. The number of halogens is 2. The predicted octanol–water partition coefficient (Wildman–Crippen LogP) is 2.11. The summed E-state index contributed by atoms with van der Waals surface area (Å²) in [5.41, 5.74) is -0.109. The van der Waals surface area contributed by atoms with E-state index in [0.29, 0.717) is 5.02 Å². The molecule has 1 aromatic rings. The van der Waals surface area contributed by atoms with Gasteiger partial charge in [-0.1, -0.05) is 11.6 Å². The zero-order chi connectivity index (χ0) is 10.7. The molecule has 5 heteroatoms. The predicted molar refractivity (Wildman–Crippen MR) is 50.5 cm³/mol. The van der Waals surface area contributed by atoms with Crippen LogP contribution in [-0.4, -0.2) is 25.1 Å². The average molecular weight is 218 g/mol. The minimum absolute atomic E-state index is 0.109. The molecule has 0 aromatic heterocycles. The first kappa shape index (κ1) is 10.9. The molecule has 0 atom stereocenters. The van der Waals surface area contributed by atoms with Crippen molar-refractivity contribution in [2.24, 2.45) is 0 Å². The molecule has 1 amide bonds. The van der Waals surface area contributed by atoms with Gasteiger partial charge in [0, 0.05) is 12.1 Å². The van der Waals surface area contributed by atoms with E-state index in [2.05, 4.69) is 4.84 Å². The van der Waals surface area contributed by atoms with E-state index in [9.17, 15) is 9.18 Å². The molecule has 0 aliphatic heterocycles. The van der Waals surface area contributed by atoms with Gasteiger partial charge in [-0.3, -0.25) is 9.63 Å². The van der Waals surface area contributed by atoms with Crippen molar-refractivity contribution in [1.82, 2.24) is 5.06 Å². The average Bonchev–Trinajstić information content (AvgIpc) is 2.19. The van der Waals surface area contributed by atoms with Gasteiger partial charge in [-0.2, -0.15) is 0 Å². The topological polar surface area (TPSA) is 29.5 Å². The summed E-state index contributed by atoms with van der Waals surface area (Å²) in [6.07, 6.45) is 0. The van der Waals surface area contributed by atoms with E-state index >= 15 is 0 Å². The normalized spacial score (nSPS) is 10.0. The summed E-state index contributed by atoms with van der Waals surface area (Å²) in [6.45, 7) is 0. The third kappa shape index (κ3) is 2.21. The number of nitrogens with zero attached hydrogens (tertiary/aromatic N) is 1. The van der Waals surface area contributed by atoms with Gasteiger partial charge in [0.15, 0.2) is 0 Å². The van der Waals surface area contributed by atoms with Gasteiger partial charge >= 0.3 is 0 Å². The van der Waals surface area contributed by atoms with Crippen molar-refractivity contribution in [3.8, 4) is 0 Å². The standard InChI is InChI=1S/C9H9ClFNO2/c1-12(14-2)9(13)7-5-6(10)3-4-8(7)11/h3-5H,1-2H3. The van der Waals surface area contributed by atoms with Crippen molar-refractivity contribution in [2.45, 2.75) is 0 Å². The van der Waals surface area contributed by atoms with Gasteiger partial charge in [0.05, 0.1) is 12.7 Å². The smallest absolute Gasteiger partial charge is 0.274 e. The Balaban J connectivity index is 3.06. The minimum atomic E-state index is -0.622. The molecule has 0 unspecified atom stereocenters.